The van der Waals surface area contributed by atoms with Crippen molar-refractivity contribution < 1.29 is 8.42 Å². The first kappa shape index (κ1) is 12.5. The van der Waals surface area contributed by atoms with Gasteiger partial charge < -0.3 is 5.32 Å². The van der Waals surface area contributed by atoms with Crippen LogP contribution in [-0.4, -0.2) is 26.5 Å². The predicted octanol–water partition coefficient (Wildman–Crippen LogP) is 2.03. The van der Waals surface area contributed by atoms with Crippen molar-refractivity contribution in [3.8, 4) is 0 Å². The molecule has 2 rings (SSSR count). The van der Waals surface area contributed by atoms with Crippen LogP contribution in [0.25, 0.3) is 0 Å². The average Bonchev–Trinajstić information content (AvgIpc) is 2.73. The zero-order valence-corrected chi connectivity index (χ0v) is 12.0. The second-order valence-corrected chi connectivity index (χ2v) is 8.27. The van der Waals surface area contributed by atoms with Crippen molar-refractivity contribution in [3.63, 3.8) is 0 Å². The highest BCUT2D eigenvalue weighted by Gasteiger charge is 2.27. The van der Waals surface area contributed by atoms with Crippen molar-refractivity contribution in [1.29, 1.82) is 0 Å². The molecule has 3 nitrogen and oxygen atoms in total. The van der Waals surface area contributed by atoms with E-state index in [0.29, 0.717) is 17.4 Å². The van der Waals surface area contributed by atoms with Crippen LogP contribution in [0.4, 0.5) is 0 Å². The molecule has 0 radical (unpaired) electrons. The van der Waals surface area contributed by atoms with Crippen molar-refractivity contribution in [2.75, 3.05) is 18.1 Å². The highest BCUT2D eigenvalue weighted by molar-refractivity contribution is 9.10. The molecule has 0 amide bonds. The fourth-order valence-corrected chi connectivity index (χ4v) is 5.16. The van der Waals surface area contributed by atoms with E-state index in [0.717, 1.165) is 24.0 Å². The Kier molecular flexibility index (Phi) is 4.05. The van der Waals surface area contributed by atoms with E-state index >= 15 is 0 Å². The van der Waals surface area contributed by atoms with E-state index in [1.807, 2.05) is 0 Å². The summed E-state index contributed by atoms with van der Waals surface area (Å²) < 4.78 is 23.6. The topological polar surface area (TPSA) is 46.2 Å². The van der Waals surface area contributed by atoms with E-state index in [1.54, 1.807) is 11.3 Å². The maximum atomic E-state index is 11.2. The van der Waals surface area contributed by atoms with Gasteiger partial charge in [0, 0.05) is 21.3 Å². The van der Waals surface area contributed by atoms with Gasteiger partial charge in [-0.1, -0.05) is 0 Å². The maximum absolute atomic E-state index is 11.2. The van der Waals surface area contributed by atoms with Gasteiger partial charge in [0.15, 0.2) is 9.84 Å². The van der Waals surface area contributed by atoms with Crippen molar-refractivity contribution in [1.82, 2.24) is 5.32 Å². The Morgan fingerprint density at radius 1 is 1.56 bits per heavy atom. The summed E-state index contributed by atoms with van der Waals surface area (Å²) >= 11 is 5.11. The molecule has 1 aliphatic rings. The molecular weight excluding hydrogens is 310 g/mol. The van der Waals surface area contributed by atoms with Crippen LogP contribution in [0.3, 0.4) is 0 Å². The summed E-state index contributed by atoms with van der Waals surface area (Å²) in [6.07, 6.45) is 0.809. The summed E-state index contributed by atoms with van der Waals surface area (Å²) in [7, 11) is -2.73. The van der Waals surface area contributed by atoms with Gasteiger partial charge in [-0.3, -0.25) is 0 Å². The van der Waals surface area contributed by atoms with Crippen LogP contribution in [-0.2, 0) is 16.4 Å². The Hall–Kier alpha value is 0.0900. The molecule has 0 aliphatic carbocycles. The monoisotopic (exact) mass is 323 g/mol. The molecule has 90 valence electrons. The molecule has 6 heteroatoms. The lowest BCUT2D eigenvalue weighted by Crippen LogP contribution is -2.22. The van der Waals surface area contributed by atoms with E-state index in [9.17, 15) is 8.42 Å². The molecule has 1 aromatic rings. The lowest BCUT2D eigenvalue weighted by Gasteiger charge is -2.08. The van der Waals surface area contributed by atoms with E-state index < -0.39 is 9.84 Å². The highest BCUT2D eigenvalue weighted by atomic mass is 79.9. The number of hydrogen-bond donors (Lipinski definition) is 1. The van der Waals surface area contributed by atoms with Crippen LogP contribution >= 0.6 is 27.3 Å². The molecule has 0 aromatic carbocycles. The Morgan fingerprint density at radius 2 is 2.38 bits per heavy atom. The van der Waals surface area contributed by atoms with Gasteiger partial charge >= 0.3 is 0 Å². The summed E-state index contributed by atoms with van der Waals surface area (Å²) in [5.41, 5.74) is 0. The number of halogens is 1. The molecule has 1 N–H and O–H groups in total. The normalized spacial score (nSPS) is 23.7. The first-order chi connectivity index (χ1) is 7.55. The van der Waals surface area contributed by atoms with Crippen molar-refractivity contribution in [2.24, 2.45) is 5.92 Å². The quantitative estimate of drug-likeness (QED) is 0.922. The zero-order valence-electron chi connectivity index (χ0n) is 8.78. The molecule has 1 saturated heterocycles. The fraction of sp³-hybridized carbons (Fsp3) is 0.600. The van der Waals surface area contributed by atoms with Gasteiger partial charge in [0.25, 0.3) is 0 Å². The molecule has 0 spiro atoms. The number of hydrogen-bond acceptors (Lipinski definition) is 4. The summed E-state index contributed by atoms with van der Waals surface area (Å²) in [6, 6.07) is 2.09. The molecule has 2 heterocycles. The number of nitrogens with one attached hydrogen (secondary N) is 1. The molecule has 1 aromatic heterocycles. The van der Waals surface area contributed by atoms with Gasteiger partial charge in [-0.15, -0.1) is 11.3 Å². The van der Waals surface area contributed by atoms with E-state index in [2.05, 4.69) is 32.7 Å². The molecule has 1 aliphatic heterocycles. The summed E-state index contributed by atoms with van der Waals surface area (Å²) in [6.45, 7) is 1.63. The fourth-order valence-electron chi connectivity index (χ4n) is 1.88. The lowest BCUT2D eigenvalue weighted by atomic mass is 10.1. The zero-order chi connectivity index (χ0) is 11.6. The molecule has 16 heavy (non-hydrogen) atoms. The van der Waals surface area contributed by atoms with Gasteiger partial charge in [-0.05, 0) is 40.9 Å². The van der Waals surface area contributed by atoms with Crippen LogP contribution in [0.2, 0.25) is 0 Å². The Morgan fingerprint density at radius 3 is 2.94 bits per heavy atom. The highest BCUT2D eigenvalue weighted by Crippen LogP contribution is 2.20. The molecule has 0 bridgehead atoms. The van der Waals surface area contributed by atoms with Gasteiger partial charge in [0.2, 0.25) is 0 Å². The summed E-state index contributed by atoms with van der Waals surface area (Å²) in [5.74, 6) is 1.02. The Bertz CT molecular complexity index is 455. The minimum atomic E-state index is -2.73. The third kappa shape index (κ3) is 3.55. The SMILES string of the molecule is O=S1(=O)CCC(CNCc2cc(Br)cs2)C1. The van der Waals surface area contributed by atoms with E-state index in [1.165, 1.54) is 4.88 Å². The summed E-state index contributed by atoms with van der Waals surface area (Å²) in [5, 5.41) is 5.37. The third-order valence-corrected chi connectivity index (χ3v) is 6.22. The van der Waals surface area contributed by atoms with Gasteiger partial charge in [-0.2, -0.15) is 0 Å². The Balaban J connectivity index is 1.73. The van der Waals surface area contributed by atoms with Crippen LogP contribution < -0.4 is 5.32 Å². The third-order valence-electron chi connectivity index (χ3n) is 2.68. The predicted molar refractivity (Wildman–Crippen MR) is 70.5 cm³/mol. The summed E-state index contributed by atoms with van der Waals surface area (Å²) in [4.78, 5) is 1.27. The van der Waals surface area contributed by atoms with E-state index in [4.69, 9.17) is 0 Å². The van der Waals surface area contributed by atoms with Crippen molar-refractivity contribution in [3.05, 3.63) is 20.8 Å². The Labute approximate surface area is 108 Å². The van der Waals surface area contributed by atoms with Gasteiger partial charge in [-0.25, -0.2) is 8.42 Å². The molecule has 1 unspecified atom stereocenters. The van der Waals surface area contributed by atoms with Crippen LogP contribution in [0, 0.1) is 5.92 Å². The minimum Gasteiger partial charge on any atom is -0.312 e. The van der Waals surface area contributed by atoms with Crippen molar-refractivity contribution in [2.45, 2.75) is 13.0 Å². The minimum absolute atomic E-state index is 0.299. The van der Waals surface area contributed by atoms with E-state index in [-0.39, 0.29) is 0 Å². The second-order valence-electron chi connectivity index (χ2n) is 4.13. The van der Waals surface area contributed by atoms with Crippen LogP contribution in [0.5, 0.6) is 0 Å². The number of thiophene rings is 1. The smallest absolute Gasteiger partial charge is 0.150 e. The molecule has 1 atom stereocenters. The first-order valence-corrected chi connectivity index (χ1v) is 8.68. The van der Waals surface area contributed by atoms with Crippen molar-refractivity contribution >= 4 is 37.1 Å². The van der Waals surface area contributed by atoms with Gasteiger partial charge in [0.05, 0.1) is 11.5 Å². The first-order valence-electron chi connectivity index (χ1n) is 5.19. The van der Waals surface area contributed by atoms with Crippen LogP contribution in [0.1, 0.15) is 11.3 Å². The molecular formula is C10H14BrNO2S2. The molecule has 0 saturated carbocycles. The molecule has 1 fully saturated rings. The number of rotatable bonds is 4. The van der Waals surface area contributed by atoms with Gasteiger partial charge in [0.1, 0.15) is 0 Å². The lowest BCUT2D eigenvalue weighted by molar-refractivity contribution is 0.522. The second kappa shape index (κ2) is 5.16. The largest absolute Gasteiger partial charge is 0.312 e. The average molecular weight is 324 g/mol. The van der Waals surface area contributed by atoms with Crippen LogP contribution in [0.15, 0.2) is 15.9 Å². The standard InChI is InChI=1S/C10H14BrNO2S2/c11-9-3-10(15-6-9)5-12-4-8-1-2-16(13,14)7-8/h3,6,8,12H,1-2,4-5,7H2. The maximum Gasteiger partial charge on any atom is 0.150 e. The number of sulfone groups is 1.